The molecule has 6 heteroatoms. The number of carboxylic acids is 1. The molecular formula is C14H9ClN2O3. The second kappa shape index (κ2) is 4.54. The second-order valence-corrected chi connectivity index (χ2v) is 4.66. The van der Waals surface area contributed by atoms with Gasteiger partial charge in [0.05, 0.1) is 27.3 Å². The van der Waals surface area contributed by atoms with Crippen LogP contribution in [0.15, 0.2) is 47.3 Å². The van der Waals surface area contributed by atoms with E-state index in [1.807, 2.05) is 0 Å². The number of halogens is 1. The predicted molar refractivity (Wildman–Crippen MR) is 75.9 cm³/mol. The molecule has 0 amide bonds. The van der Waals surface area contributed by atoms with Crippen LogP contribution in [0.4, 0.5) is 0 Å². The number of para-hydroxylation sites is 1. The maximum atomic E-state index is 12.1. The number of rotatable bonds is 2. The summed E-state index contributed by atoms with van der Waals surface area (Å²) in [6.07, 6.45) is 0. The highest BCUT2D eigenvalue weighted by atomic mass is 35.5. The minimum absolute atomic E-state index is 0.116. The third-order valence-electron chi connectivity index (χ3n) is 3.02. The zero-order valence-corrected chi connectivity index (χ0v) is 10.9. The monoisotopic (exact) mass is 288 g/mol. The number of H-pyrrole nitrogens is 1. The Labute approximate surface area is 118 Å². The Morgan fingerprint density at radius 3 is 2.65 bits per heavy atom. The highest BCUT2D eigenvalue weighted by Gasteiger charge is 2.13. The summed E-state index contributed by atoms with van der Waals surface area (Å²) in [6, 6.07) is 11.4. The Kier molecular flexibility index (Phi) is 2.84. The van der Waals surface area contributed by atoms with Crippen molar-refractivity contribution in [2.75, 3.05) is 0 Å². The lowest BCUT2D eigenvalue weighted by molar-refractivity contribution is 0.0697. The van der Waals surface area contributed by atoms with E-state index in [0.717, 1.165) is 0 Å². The van der Waals surface area contributed by atoms with Crippen molar-refractivity contribution in [2.45, 2.75) is 0 Å². The topological polar surface area (TPSA) is 75.1 Å². The van der Waals surface area contributed by atoms with E-state index in [1.54, 1.807) is 30.3 Å². The molecule has 0 aliphatic heterocycles. The fourth-order valence-electron chi connectivity index (χ4n) is 2.12. The molecule has 3 rings (SSSR count). The Bertz CT molecular complexity index is 880. The molecule has 5 nitrogen and oxygen atoms in total. The predicted octanol–water partition coefficient (Wildman–Crippen LogP) is 2.67. The van der Waals surface area contributed by atoms with Crippen molar-refractivity contribution in [3.63, 3.8) is 0 Å². The van der Waals surface area contributed by atoms with E-state index in [4.69, 9.17) is 16.7 Å². The van der Waals surface area contributed by atoms with Crippen molar-refractivity contribution < 1.29 is 9.90 Å². The Morgan fingerprint density at radius 2 is 1.95 bits per heavy atom. The molecule has 0 unspecified atom stereocenters. The van der Waals surface area contributed by atoms with E-state index in [-0.39, 0.29) is 11.3 Å². The van der Waals surface area contributed by atoms with E-state index < -0.39 is 5.97 Å². The molecule has 0 atom stereocenters. The third kappa shape index (κ3) is 1.88. The molecule has 2 N–H and O–H groups in total. The van der Waals surface area contributed by atoms with Gasteiger partial charge in [-0.05, 0) is 30.3 Å². The molecular weight excluding hydrogens is 280 g/mol. The van der Waals surface area contributed by atoms with Crippen LogP contribution in [0, 0.1) is 0 Å². The molecule has 1 heterocycles. The van der Waals surface area contributed by atoms with E-state index in [2.05, 4.69) is 4.98 Å². The number of nitrogens with one attached hydrogen (secondary N) is 1. The van der Waals surface area contributed by atoms with Gasteiger partial charge in [-0.25, -0.2) is 9.59 Å². The number of benzene rings is 2. The third-order valence-corrected chi connectivity index (χ3v) is 3.34. The summed E-state index contributed by atoms with van der Waals surface area (Å²) in [5, 5.41) is 9.40. The first-order chi connectivity index (χ1) is 9.58. The zero-order valence-electron chi connectivity index (χ0n) is 10.1. The lowest BCUT2D eigenvalue weighted by Gasteiger charge is -2.05. The van der Waals surface area contributed by atoms with Crippen LogP contribution in [0.25, 0.3) is 16.7 Å². The van der Waals surface area contributed by atoms with E-state index in [1.165, 1.54) is 16.7 Å². The summed E-state index contributed by atoms with van der Waals surface area (Å²) in [6.45, 7) is 0. The van der Waals surface area contributed by atoms with Crippen LogP contribution in [-0.2, 0) is 0 Å². The standard InChI is InChI=1S/C14H9ClN2O3/c15-9-3-1-2-4-11(9)17-12-6-5-8(13(18)19)7-10(12)16-14(17)20/h1-7H,(H,16,20)(H,18,19). The average Bonchev–Trinajstić information content (AvgIpc) is 2.74. The van der Waals surface area contributed by atoms with Crippen molar-refractivity contribution in [1.82, 2.24) is 9.55 Å². The van der Waals surface area contributed by atoms with Gasteiger partial charge in [-0.2, -0.15) is 0 Å². The summed E-state index contributed by atoms with van der Waals surface area (Å²) in [7, 11) is 0. The SMILES string of the molecule is O=C(O)c1ccc2c(c1)[nH]c(=O)n2-c1ccccc1Cl. The molecule has 0 saturated heterocycles. The zero-order chi connectivity index (χ0) is 14.3. The second-order valence-electron chi connectivity index (χ2n) is 4.25. The summed E-state index contributed by atoms with van der Waals surface area (Å²) >= 11 is 6.10. The van der Waals surface area contributed by atoms with Crippen LogP contribution in [-0.4, -0.2) is 20.6 Å². The van der Waals surface area contributed by atoms with Gasteiger partial charge in [0, 0.05) is 0 Å². The first-order valence-corrected chi connectivity index (χ1v) is 6.19. The quantitative estimate of drug-likeness (QED) is 0.761. The van der Waals surface area contributed by atoms with Gasteiger partial charge in [0.1, 0.15) is 0 Å². The van der Waals surface area contributed by atoms with E-state index in [9.17, 15) is 9.59 Å². The van der Waals surface area contributed by atoms with Crippen LogP contribution >= 0.6 is 11.6 Å². The summed E-state index contributed by atoms with van der Waals surface area (Å²) < 4.78 is 1.42. The van der Waals surface area contributed by atoms with Crippen LogP contribution in [0.3, 0.4) is 0 Å². The minimum atomic E-state index is -1.04. The molecule has 1 aromatic heterocycles. The first kappa shape index (κ1) is 12.5. The Morgan fingerprint density at radius 1 is 1.20 bits per heavy atom. The highest BCUT2D eigenvalue weighted by Crippen LogP contribution is 2.22. The fraction of sp³-hybridized carbons (Fsp3) is 0. The van der Waals surface area contributed by atoms with Gasteiger partial charge in [0.15, 0.2) is 0 Å². The van der Waals surface area contributed by atoms with Crippen LogP contribution in [0.5, 0.6) is 0 Å². The molecule has 20 heavy (non-hydrogen) atoms. The molecule has 0 fully saturated rings. The maximum Gasteiger partial charge on any atom is 0.335 e. The van der Waals surface area contributed by atoms with Crippen LogP contribution < -0.4 is 5.69 Å². The minimum Gasteiger partial charge on any atom is -0.478 e. The molecule has 100 valence electrons. The van der Waals surface area contributed by atoms with E-state index in [0.29, 0.717) is 21.7 Å². The molecule has 2 aromatic carbocycles. The Balaban J connectivity index is 2.33. The summed E-state index contributed by atoms with van der Waals surface area (Å²) in [5.41, 5.74) is 1.33. The lowest BCUT2D eigenvalue weighted by atomic mass is 10.2. The van der Waals surface area contributed by atoms with Gasteiger partial charge in [0.2, 0.25) is 0 Å². The smallest absolute Gasteiger partial charge is 0.335 e. The summed E-state index contributed by atoms with van der Waals surface area (Å²) in [5.74, 6) is -1.04. The molecule has 0 spiro atoms. The van der Waals surface area contributed by atoms with Gasteiger partial charge in [-0.3, -0.25) is 4.57 Å². The number of imidazole rings is 1. The van der Waals surface area contributed by atoms with Crippen molar-refractivity contribution >= 4 is 28.6 Å². The number of nitrogens with zero attached hydrogens (tertiary/aromatic N) is 1. The number of hydrogen-bond donors (Lipinski definition) is 2. The molecule has 0 saturated carbocycles. The maximum absolute atomic E-state index is 12.1. The largest absolute Gasteiger partial charge is 0.478 e. The molecule has 0 aliphatic rings. The number of hydrogen-bond acceptors (Lipinski definition) is 2. The van der Waals surface area contributed by atoms with Gasteiger partial charge in [-0.15, -0.1) is 0 Å². The van der Waals surface area contributed by atoms with Crippen molar-refractivity contribution in [3.05, 3.63) is 63.5 Å². The van der Waals surface area contributed by atoms with Gasteiger partial charge >= 0.3 is 11.7 Å². The van der Waals surface area contributed by atoms with Crippen LogP contribution in [0.2, 0.25) is 5.02 Å². The van der Waals surface area contributed by atoms with Crippen molar-refractivity contribution in [2.24, 2.45) is 0 Å². The lowest BCUT2D eigenvalue weighted by Crippen LogP contribution is -2.14. The fourth-order valence-corrected chi connectivity index (χ4v) is 2.34. The molecule has 0 radical (unpaired) electrons. The number of fused-ring (bicyclic) bond motifs is 1. The number of aromatic nitrogens is 2. The number of aromatic carboxylic acids is 1. The van der Waals surface area contributed by atoms with Crippen molar-refractivity contribution in [3.8, 4) is 5.69 Å². The molecule has 0 aliphatic carbocycles. The van der Waals surface area contributed by atoms with Gasteiger partial charge in [0.25, 0.3) is 0 Å². The molecule has 3 aromatic rings. The van der Waals surface area contributed by atoms with Gasteiger partial charge < -0.3 is 10.1 Å². The molecule has 0 bridgehead atoms. The average molecular weight is 289 g/mol. The number of aromatic amines is 1. The first-order valence-electron chi connectivity index (χ1n) is 5.81. The number of carbonyl (C=O) groups is 1. The number of carboxylic acid groups (broad SMARTS) is 1. The normalized spacial score (nSPS) is 10.8. The van der Waals surface area contributed by atoms with Crippen molar-refractivity contribution in [1.29, 1.82) is 0 Å². The Hall–Kier alpha value is -2.53. The van der Waals surface area contributed by atoms with Gasteiger partial charge in [-0.1, -0.05) is 23.7 Å². The van der Waals surface area contributed by atoms with E-state index >= 15 is 0 Å². The van der Waals surface area contributed by atoms with Crippen LogP contribution in [0.1, 0.15) is 10.4 Å². The highest BCUT2D eigenvalue weighted by molar-refractivity contribution is 6.32. The summed E-state index contributed by atoms with van der Waals surface area (Å²) in [4.78, 5) is 25.6.